The number of aliphatic hydroxyl groups excluding tert-OH is 1. The molecule has 0 aromatic rings. The van der Waals surface area contributed by atoms with Crippen molar-refractivity contribution in [2.45, 2.75) is 64.5 Å². The second-order valence-corrected chi connectivity index (χ2v) is 5.85. The zero-order valence-electron chi connectivity index (χ0n) is 11.7. The van der Waals surface area contributed by atoms with Gasteiger partial charge in [0, 0.05) is 0 Å². The molecule has 0 spiro atoms. The van der Waals surface area contributed by atoms with Gasteiger partial charge in [0.25, 0.3) is 0 Å². The van der Waals surface area contributed by atoms with Crippen LogP contribution in [0.25, 0.3) is 0 Å². The molecule has 3 nitrogen and oxygen atoms in total. The number of ether oxygens (including phenoxy) is 1. The third-order valence-corrected chi connectivity index (χ3v) is 3.68. The highest BCUT2D eigenvalue weighted by Gasteiger charge is 2.26. The van der Waals surface area contributed by atoms with E-state index < -0.39 is 0 Å². The van der Waals surface area contributed by atoms with Crippen molar-refractivity contribution in [2.24, 2.45) is 5.92 Å². The fourth-order valence-electron chi connectivity index (χ4n) is 2.41. The first-order valence-electron chi connectivity index (χ1n) is 7.07. The minimum atomic E-state index is -0.281. The van der Waals surface area contributed by atoms with Gasteiger partial charge in [0.1, 0.15) is 0 Å². The quantitative estimate of drug-likeness (QED) is 0.721. The van der Waals surface area contributed by atoms with Crippen LogP contribution in [0.15, 0.2) is 0 Å². The summed E-state index contributed by atoms with van der Waals surface area (Å²) < 4.78 is 5.98. The highest BCUT2D eigenvalue weighted by molar-refractivity contribution is 4.83. The van der Waals surface area contributed by atoms with Gasteiger partial charge >= 0.3 is 0 Å². The van der Waals surface area contributed by atoms with Crippen LogP contribution in [-0.4, -0.2) is 36.5 Å². The molecular formula is C14H29NO2. The lowest BCUT2D eigenvalue weighted by Crippen LogP contribution is -2.50. The third-order valence-electron chi connectivity index (χ3n) is 3.68. The molecule has 2 N–H and O–H groups in total. The van der Waals surface area contributed by atoms with E-state index in [0.717, 1.165) is 18.9 Å². The molecule has 3 heteroatoms. The maximum absolute atomic E-state index is 9.45. The Morgan fingerprint density at radius 3 is 2.76 bits per heavy atom. The molecule has 3 atom stereocenters. The van der Waals surface area contributed by atoms with Gasteiger partial charge in [0.2, 0.25) is 0 Å². The van der Waals surface area contributed by atoms with E-state index in [-0.39, 0.29) is 12.1 Å². The second-order valence-electron chi connectivity index (χ2n) is 5.85. The molecule has 1 rings (SSSR count). The van der Waals surface area contributed by atoms with Gasteiger partial charge in [-0.3, -0.25) is 0 Å². The summed E-state index contributed by atoms with van der Waals surface area (Å²) in [5.41, 5.74) is -0.281. The van der Waals surface area contributed by atoms with Crippen LogP contribution in [0.2, 0.25) is 0 Å². The molecule has 0 aromatic carbocycles. The van der Waals surface area contributed by atoms with E-state index in [1.165, 1.54) is 25.7 Å². The Morgan fingerprint density at radius 1 is 1.41 bits per heavy atom. The molecule has 0 heterocycles. The molecule has 1 fully saturated rings. The van der Waals surface area contributed by atoms with E-state index in [4.69, 9.17) is 4.74 Å². The van der Waals surface area contributed by atoms with Crippen molar-refractivity contribution in [3.05, 3.63) is 0 Å². The molecule has 0 radical (unpaired) electrons. The minimum Gasteiger partial charge on any atom is -0.394 e. The molecule has 0 aromatic heterocycles. The van der Waals surface area contributed by atoms with Crippen LogP contribution in [0, 0.1) is 5.92 Å². The van der Waals surface area contributed by atoms with Crippen molar-refractivity contribution in [2.75, 3.05) is 19.8 Å². The zero-order chi connectivity index (χ0) is 12.7. The van der Waals surface area contributed by atoms with Crippen molar-refractivity contribution < 1.29 is 9.84 Å². The topological polar surface area (TPSA) is 41.5 Å². The van der Waals surface area contributed by atoms with Crippen LogP contribution in [0.3, 0.4) is 0 Å². The highest BCUT2D eigenvalue weighted by atomic mass is 16.5. The molecule has 0 aliphatic heterocycles. The number of hydrogen-bond donors (Lipinski definition) is 2. The summed E-state index contributed by atoms with van der Waals surface area (Å²) in [5.74, 6) is 0.790. The normalized spacial score (nSPS) is 28.9. The van der Waals surface area contributed by atoms with Crippen molar-refractivity contribution >= 4 is 0 Å². The van der Waals surface area contributed by atoms with Crippen molar-refractivity contribution in [3.63, 3.8) is 0 Å². The largest absolute Gasteiger partial charge is 0.394 e. The first-order chi connectivity index (χ1) is 8.09. The smallest absolute Gasteiger partial charge is 0.0671 e. The number of hydrogen-bond acceptors (Lipinski definition) is 3. The van der Waals surface area contributed by atoms with Crippen LogP contribution >= 0.6 is 0 Å². The van der Waals surface area contributed by atoms with Crippen molar-refractivity contribution in [1.82, 2.24) is 5.32 Å². The first kappa shape index (κ1) is 14.9. The molecule has 102 valence electrons. The predicted octanol–water partition coefficient (Wildman–Crippen LogP) is 2.33. The Kier molecular flexibility index (Phi) is 6.45. The van der Waals surface area contributed by atoms with Crippen molar-refractivity contribution in [3.8, 4) is 0 Å². The number of aliphatic hydroxyl groups is 1. The summed E-state index contributed by atoms with van der Waals surface area (Å²) in [6, 6.07) is 0. The molecule has 17 heavy (non-hydrogen) atoms. The van der Waals surface area contributed by atoms with E-state index in [1.807, 2.05) is 6.92 Å². The maximum atomic E-state index is 9.45. The van der Waals surface area contributed by atoms with Gasteiger partial charge in [0.15, 0.2) is 0 Å². The van der Waals surface area contributed by atoms with Crippen LogP contribution in [0.5, 0.6) is 0 Å². The fraction of sp³-hybridized carbons (Fsp3) is 1.00. The van der Waals surface area contributed by atoms with Crippen LogP contribution in [-0.2, 0) is 4.74 Å². The van der Waals surface area contributed by atoms with Gasteiger partial charge in [-0.05, 0) is 38.6 Å². The van der Waals surface area contributed by atoms with Crippen molar-refractivity contribution in [1.29, 1.82) is 0 Å². The summed E-state index contributed by atoms with van der Waals surface area (Å²) in [5, 5.41) is 12.8. The Balaban J connectivity index is 2.30. The third kappa shape index (κ3) is 5.36. The lowest BCUT2D eigenvalue weighted by Gasteiger charge is -2.33. The number of nitrogens with one attached hydrogen (secondary N) is 1. The predicted molar refractivity (Wildman–Crippen MR) is 71.2 cm³/mol. The van der Waals surface area contributed by atoms with Gasteiger partial charge in [-0.15, -0.1) is 0 Å². The lowest BCUT2D eigenvalue weighted by atomic mass is 9.88. The van der Waals surface area contributed by atoms with Gasteiger partial charge < -0.3 is 15.2 Å². The highest BCUT2D eigenvalue weighted by Crippen LogP contribution is 2.26. The second kappa shape index (κ2) is 7.34. The molecule has 0 amide bonds. The Labute approximate surface area is 106 Å². The molecule has 3 unspecified atom stereocenters. The summed E-state index contributed by atoms with van der Waals surface area (Å²) in [6.07, 6.45) is 6.45. The average Bonchev–Trinajstić information content (AvgIpc) is 2.34. The lowest BCUT2D eigenvalue weighted by molar-refractivity contribution is -0.0269. The summed E-state index contributed by atoms with van der Waals surface area (Å²) in [6.45, 7) is 8.15. The maximum Gasteiger partial charge on any atom is 0.0671 e. The van der Waals surface area contributed by atoms with Crippen LogP contribution in [0.1, 0.15) is 52.9 Å². The molecule has 1 saturated carbocycles. The van der Waals surface area contributed by atoms with E-state index in [0.29, 0.717) is 12.7 Å². The standard InChI is InChI=1S/C14H29NO2/c1-4-8-15-14(3,10-16)11-17-13-7-5-6-12(2)9-13/h12-13,15-16H,4-11H2,1-3H3. The monoisotopic (exact) mass is 243 g/mol. The first-order valence-corrected chi connectivity index (χ1v) is 7.07. The minimum absolute atomic E-state index is 0.134. The Morgan fingerprint density at radius 2 is 2.18 bits per heavy atom. The number of rotatable bonds is 7. The average molecular weight is 243 g/mol. The summed E-state index contributed by atoms with van der Waals surface area (Å²) in [7, 11) is 0. The summed E-state index contributed by atoms with van der Waals surface area (Å²) in [4.78, 5) is 0. The van der Waals surface area contributed by atoms with E-state index in [9.17, 15) is 5.11 Å². The SMILES string of the molecule is CCCNC(C)(CO)COC1CCCC(C)C1. The molecule has 1 aliphatic carbocycles. The van der Waals surface area contributed by atoms with E-state index in [2.05, 4.69) is 19.2 Å². The van der Waals surface area contributed by atoms with E-state index in [1.54, 1.807) is 0 Å². The van der Waals surface area contributed by atoms with Gasteiger partial charge in [-0.2, -0.15) is 0 Å². The van der Waals surface area contributed by atoms with Gasteiger partial charge in [-0.1, -0.05) is 26.7 Å². The summed E-state index contributed by atoms with van der Waals surface area (Å²) >= 11 is 0. The molecule has 0 saturated heterocycles. The fourth-order valence-corrected chi connectivity index (χ4v) is 2.41. The Hall–Kier alpha value is -0.120. The molecule has 1 aliphatic rings. The van der Waals surface area contributed by atoms with Gasteiger partial charge in [-0.25, -0.2) is 0 Å². The van der Waals surface area contributed by atoms with Gasteiger partial charge in [0.05, 0.1) is 24.9 Å². The molecule has 0 bridgehead atoms. The zero-order valence-corrected chi connectivity index (χ0v) is 11.7. The molecular weight excluding hydrogens is 214 g/mol. The Bertz CT molecular complexity index is 210. The van der Waals surface area contributed by atoms with Crippen LogP contribution in [0.4, 0.5) is 0 Å². The van der Waals surface area contributed by atoms with Crippen LogP contribution < -0.4 is 5.32 Å². The van der Waals surface area contributed by atoms with E-state index >= 15 is 0 Å².